The van der Waals surface area contributed by atoms with Gasteiger partial charge in [0.1, 0.15) is 11.9 Å². The molecule has 0 radical (unpaired) electrons. The normalized spacial score (nSPS) is 12.5. The van der Waals surface area contributed by atoms with Gasteiger partial charge in [-0.2, -0.15) is 0 Å². The van der Waals surface area contributed by atoms with E-state index in [9.17, 15) is 9.50 Å². The fourth-order valence-corrected chi connectivity index (χ4v) is 2.22. The van der Waals surface area contributed by atoms with Gasteiger partial charge in [0, 0.05) is 10.0 Å². The Morgan fingerprint density at radius 1 is 1.06 bits per heavy atom. The summed E-state index contributed by atoms with van der Waals surface area (Å²) in [5.74, 6) is -0.483. The average Bonchev–Trinajstić information content (AvgIpc) is 2.32. The van der Waals surface area contributed by atoms with Crippen molar-refractivity contribution < 1.29 is 9.50 Å². The molecule has 1 nitrogen and oxygen atoms in total. The maximum absolute atomic E-state index is 13.7. The topological polar surface area (TPSA) is 20.2 Å². The Bertz CT molecular complexity index is 589. The van der Waals surface area contributed by atoms with Gasteiger partial charge in [0.05, 0.1) is 10.0 Å². The number of benzene rings is 2. The second kappa shape index (κ2) is 5.57. The van der Waals surface area contributed by atoms with Gasteiger partial charge >= 0.3 is 0 Å². The van der Waals surface area contributed by atoms with Crippen LogP contribution in [0.2, 0.25) is 10.0 Å². The van der Waals surface area contributed by atoms with E-state index in [-0.39, 0.29) is 5.56 Å². The van der Waals surface area contributed by atoms with Crippen LogP contribution in [0.3, 0.4) is 0 Å². The molecule has 2 rings (SSSR count). The third kappa shape index (κ3) is 2.86. The molecule has 0 bridgehead atoms. The van der Waals surface area contributed by atoms with Gasteiger partial charge in [0.15, 0.2) is 0 Å². The zero-order chi connectivity index (χ0) is 13.3. The summed E-state index contributed by atoms with van der Waals surface area (Å²) in [7, 11) is 0. The molecule has 0 aliphatic rings. The van der Waals surface area contributed by atoms with Gasteiger partial charge in [0.2, 0.25) is 0 Å². The van der Waals surface area contributed by atoms with Crippen LogP contribution in [0.4, 0.5) is 4.39 Å². The lowest BCUT2D eigenvalue weighted by Gasteiger charge is -2.13. The molecular formula is C13H8BrCl2FO. The third-order valence-electron chi connectivity index (χ3n) is 2.52. The second-order valence-electron chi connectivity index (χ2n) is 3.74. The van der Waals surface area contributed by atoms with Crippen molar-refractivity contribution in [1.29, 1.82) is 0 Å². The molecule has 94 valence electrons. The van der Waals surface area contributed by atoms with Gasteiger partial charge in [-0.3, -0.25) is 0 Å². The molecule has 18 heavy (non-hydrogen) atoms. The molecule has 5 heteroatoms. The van der Waals surface area contributed by atoms with E-state index in [4.69, 9.17) is 23.2 Å². The Morgan fingerprint density at radius 3 is 2.39 bits per heavy atom. The van der Waals surface area contributed by atoms with Crippen LogP contribution in [0.15, 0.2) is 40.9 Å². The third-order valence-corrected chi connectivity index (χ3v) is 3.75. The van der Waals surface area contributed by atoms with E-state index in [1.807, 2.05) is 0 Å². The predicted molar refractivity (Wildman–Crippen MR) is 74.6 cm³/mol. The lowest BCUT2D eigenvalue weighted by Crippen LogP contribution is -2.02. The van der Waals surface area contributed by atoms with E-state index in [1.165, 1.54) is 18.2 Å². The molecular weight excluding hydrogens is 342 g/mol. The van der Waals surface area contributed by atoms with E-state index < -0.39 is 11.9 Å². The van der Waals surface area contributed by atoms with Gasteiger partial charge in [-0.1, -0.05) is 51.3 Å². The first-order valence-electron chi connectivity index (χ1n) is 5.07. The quantitative estimate of drug-likeness (QED) is 0.810. The molecule has 1 atom stereocenters. The Kier molecular flexibility index (Phi) is 4.28. The molecule has 0 fully saturated rings. The summed E-state index contributed by atoms with van der Waals surface area (Å²) in [5, 5.41) is 10.8. The van der Waals surface area contributed by atoms with Gasteiger partial charge in [-0.25, -0.2) is 4.39 Å². The summed E-state index contributed by atoms with van der Waals surface area (Å²) in [4.78, 5) is 0. The van der Waals surface area contributed by atoms with E-state index in [0.717, 1.165) is 0 Å². The summed E-state index contributed by atoms with van der Waals surface area (Å²) in [6, 6.07) is 9.19. The number of halogens is 4. The first-order chi connectivity index (χ1) is 8.49. The van der Waals surface area contributed by atoms with Gasteiger partial charge in [-0.05, 0) is 29.8 Å². The van der Waals surface area contributed by atoms with Crippen LogP contribution in [-0.2, 0) is 0 Å². The average molecular weight is 350 g/mol. The number of rotatable bonds is 2. The van der Waals surface area contributed by atoms with Crippen LogP contribution in [-0.4, -0.2) is 5.11 Å². The van der Waals surface area contributed by atoms with E-state index >= 15 is 0 Å². The van der Waals surface area contributed by atoms with Crippen LogP contribution in [0.5, 0.6) is 0 Å². The molecule has 0 aliphatic carbocycles. The Labute approximate surface area is 122 Å². The summed E-state index contributed by atoms with van der Waals surface area (Å²) >= 11 is 14.8. The second-order valence-corrected chi connectivity index (χ2v) is 5.47. The summed E-state index contributed by atoms with van der Waals surface area (Å²) in [6.07, 6.45) is -1.08. The monoisotopic (exact) mass is 348 g/mol. The lowest BCUT2D eigenvalue weighted by molar-refractivity contribution is 0.215. The zero-order valence-corrected chi connectivity index (χ0v) is 12.1. The van der Waals surface area contributed by atoms with Crippen LogP contribution in [0.25, 0.3) is 0 Å². The van der Waals surface area contributed by atoms with Crippen LogP contribution in [0.1, 0.15) is 17.2 Å². The van der Waals surface area contributed by atoms with Gasteiger partial charge < -0.3 is 5.11 Å². The first kappa shape index (κ1) is 13.8. The Balaban J connectivity index is 2.41. The van der Waals surface area contributed by atoms with E-state index in [2.05, 4.69) is 15.9 Å². The molecule has 0 aliphatic heterocycles. The van der Waals surface area contributed by atoms with Gasteiger partial charge in [0.25, 0.3) is 0 Å². The van der Waals surface area contributed by atoms with Crippen molar-refractivity contribution in [3.05, 3.63) is 67.9 Å². The maximum Gasteiger partial charge on any atom is 0.130 e. The van der Waals surface area contributed by atoms with Crippen LogP contribution in [0, 0.1) is 5.82 Å². The van der Waals surface area contributed by atoms with Crippen molar-refractivity contribution in [1.82, 2.24) is 0 Å². The molecule has 0 heterocycles. The first-order valence-corrected chi connectivity index (χ1v) is 6.62. The van der Waals surface area contributed by atoms with Gasteiger partial charge in [-0.15, -0.1) is 0 Å². The number of aliphatic hydroxyl groups is 1. The fraction of sp³-hybridized carbons (Fsp3) is 0.0769. The highest BCUT2D eigenvalue weighted by molar-refractivity contribution is 9.10. The fourth-order valence-electron chi connectivity index (χ4n) is 1.59. The van der Waals surface area contributed by atoms with Crippen molar-refractivity contribution in [3.63, 3.8) is 0 Å². The largest absolute Gasteiger partial charge is 0.384 e. The minimum absolute atomic E-state index is 0.191. The zero-order valence-electron chi connectivity index (χ0n) is 9.00. The highest BCUT2D eigenvalue weighted by Gasteiger charge is 2.16. The smallest absolute Gasteiger partial charge is 0.130 e. The van der Waals surface area contributed by atoms with Crippen molar-refractivity contribution in [2.75, 3.05) is 0 Å². The molecule has 0 aromatic heterocycles. The van der Waals surface area contributed by atoms with Crippen LogP contribution < -0.4 is 0 Å². The number of aliphatic hydroxyl groups excluding tert-OH is 1. The Hall–Kier alpha value is -0.610. The molecule has 0 saturated heterocycles. The minimum atomic E-state index is -1.08. The maximum atomic E-state index is 13.7. The molecule has 0 spiro atoms. The SMILES string of the molecule is OC(c1ccc(Cl)c(Cl)c1)c1ccc(Br)cc1F. The highest BCUT2D eigenvalue weighted by Crippen LogP contribution is 2.30. The molecule has 0 saturated carbocycles. The molecule has 2 aromatic rings. The highest BCUT2D eigenvalue weighted by atomic mass is 79.9. The van der Waals surface area contributed by atoms with Crippen molar-refractivity contribution in [2.24, 2.45) is 0 Å². The van der Waals surface area contributed by atoms with Crippen molar-refractivity contribution in [3.8, 4) is 0 Å². The summed E-state index contributed by atoms with van der Waals surface area (Å²) in [6.45, 7) is 0. The lowest BCUT2D eigenvalue weighted by atomic mass is 10.0. The van der Waals surface area contributed by atoms with E-state index in [1.54, 1.807) is 18.2 Å². The van der Waals surface area contributed by atoms with Crippen molar-refractivity contribution >= 4 is 39.1 Å². The van der Waals surface area contributed by atoms with E-state index in [0.29, 0.717) is 20.1 Å². The molecule has 0 amide bonds. The number of hydrogen-bond donors (Lipinski definition) is 1. The predicted octanol–water partition coefficient (Wildman–Crippen LogP) is 4.98. The summed E-state index contributed by atoms with van der Waals surface area (Å²) < 4.78 is 14.3. The molecule has 1 unspecified atom stereocenters. The molecule has 2 aromatic carbocycles. The summed E-state index contributed by atoms with van der Waals surface area (Å²) in [5.41, 5.74) is 0.683. The molecule has 1 N–H and O–H groups in total. The minimum Gasteiger partial charge on any atom is -0.384 e. The standard InChI is InChI=1S/C13H8BrCl2FO/c14-8-2-3-9(12(17)6-8)13(18)7-1-4-10(15)11(16)5-7/h1-6,13,18H. The number of hydrogen-bond acceptors (Lipinski definition) is 1. The van der Waals surface area contributed by atoms with Crippen molar-refractivity contribution in [2.45, 2.75) is 6.10 Å². The van der Waals surface area contributed by atoms with Crippen LogP contribution >= 0.6 is 39.1 Å². The Morgan fingerprint density at radius 2 is 1.78 bits per heavy atom.